The van der Waals surface area contributed by atoms with Crippen molar-refractivity contribution in [2.45, 2.75) is 25.9 Å². The van der Waals surface area contributed by atoms with Crippen molar-refractivity contribution in [1.82, 2.24) is 19.9 Å². The van der Waals surface area contributed by atoms with E-state index in [1.807, 2.05) is 12.1 Å². The quantitative estimate of drug-likeness (QED) is 0.908. The summed E-state index contributed by atoms with van der Waals surface area (Å²) in [7, 11) is 0. The van der Waals surface area contributed by atoms with Crippen LogP contribution in [0.3, 0.4) is 0 Å². The molecule has 1 aliphatic rings. The Labute approximate surface area is 140 Å². The van der Waals surface area contributed by atoms with Gasteiger partial charge < -0.3 is 15.4 Å². The Morgan fingerprint density at radius 2 is 2.21 bits per heavy atom. The molecule has 1 amide bonds. The number of aromatic nitrogens is 3. The van der Waals surface area contributed by atoms with Crippen LogP contribution < -0.4 is 5.73 Å². The number of hydrogen-bond donors (Lipinski definition) is 1. The summed E-state index contributed by atoms with van der Waals surface area (Å²) in [4.78, 5) is 26.6. The molecule has 7 nitrogen and oxygen atoms in total. The van der Waals surface area contributed by atoms with Gasteiger partial charge in [-0.05, 0) is 43.5 Å². The molecule has 0 aliphatic carbocycles. The van der Waals surface area contributed by atoms with Gasteiger partial charge in [-0.3, -0.25) is 4.79 Å². The van der Waals surface area contributed by atoms with E-state index in [4.69, 9.17) is 10.5 Å². The second-order valence-corrected chi connectivity index (χ2v) is 5.86. The third-order valence-electron chi connectivity index (χ3n) is 4.02. The van der Waals surface area contributed by atoms with Crippen LogP contribution in [-0.2, 0) is 11.2 Å². The zero-order valence-corrected chi connectivity index (χ0v) is 13.7. The number of morpholine rings is 1. The van der Waals surface area contributed by atoms with E-state index in [-0.39, 0.29) is 12.0 Å². The van der Waals surface area contributed by atoms with Gasteiger partial charge in [0.1, 0.15) is 17.3 Å². The molecule has 126 valence electrons. The topological polar surface area (TPSA) is 94.2 Å². The van der Waals surface area contributed by atoms with Crippen LogP contribution in [0.25, 0.3) is 0 Å². The van der Waals surface area contributed by atoms with E-state index in [1.54, 1.807) is 30.3 Å². The van der Waals surface area contributed by atoms with Crippen LogP contribution in [0.5, 0.6) is 0 Å². The van der Waals surface area contributed by atoms with Crippen LogP contribution in [0, 0.1) is 6.92 Å². The highest BCUT2D eigenvalue weighted by Crippen LogP contribution is 2.15. The van der Waals surface area contributed by atoms with Crippen molar-refractivity contribution in [3.8, 4) is 0 Å². The molecule has 24 heavy (non-hydrogen) atoms. The first-order chi connectivity index (χ1) is 11.6. The van der Waals surface area contributed by atoms with Crippen molar-refractivity contribution in [2.24, 2.45) is 0 Å². The van der Waals surface area contributed by atoms with Gasteiger partial charge in [-0.25, -0.2) is 15.0 Å². The first-order valence-electron chi connectivity index (χ1n) is 8.03. The highest BCUT2D eigenvalue weighted by molar-refractivity contribution is 5.92. The summed E-state index contributed by atoms with van der Waals surface area (Å²) < 4.78 is 5.80. The van der Waals surface area contributed by atoms with Gasteiger partial charge in [0.25, 0.3) is 5.91 Å². The van der Waals surface area contributed by atoms with Crippen LogP contribution in [-0.4, -0.2) is 51.6 Å². The Hall–Kier alpha value is -2.54. The summed E-state index contributed by atoms with van der Waals surface area (Å²) in [5, 5.41) is 0. The molecule has 0 radical (unpaired) electrons. The number of nitrogen functional groups attached to an aromatic ring is 1. The molecule has 3 rings (SSSR count). The lowest BCUT2D eigenvalue weighted by molar-refractivity contribution is -0.0247. The average molecular weight is 327 g/mol. The van der Waals surface area contributed by atoms with Gasteiger partial charge in [0.05, 0.1) is 12.7 Å². The number of carbonyl (C=O) groups is 1. The molecule has 1 atom stereocenters. The molecule has 2 N–H and O–H groups in total. The molecule has 1 saturated heterocycles. The Kier molecular flexibility index (Phi) is 5.00. The molecular weight excluding hydrogens is 306 g/mol. The van der Waals surface area contributed by atoms with E-state index < -0.39 is 0 Å². The standard InChI is InChI=1S/C17H21N5O2/c1-12-19-7-5-15(21-12)17(23)22-8-9-24-14(11-22)3-2-13-4-6-20-16(18)10-13/h4-7,10,14H,2-3,8-9,11H2,1H3,(H2,18,20)/t14-/m0/s1. The van der Waals surface area contributed by atoms with Crippen LogP contribution in [0.15, 0.2) is 30.6 Å². The number of hydrogen-bond acceptors (Lipinski definition) is 6. The molecule has 0 aromatic carbocycles. The maximum atomic E-state index is 12.6. The number of carbonyl (C=O) groups excluding carboxylic acids is 1. The van der Waals surface area contributed by atoms with Crippen molar-refractivity contribution in [2.75, 3.05) is 25.4 Å². The average Bonchev–Trinajstić information content (AvgIpc) is 2.60. The summed E-state index contributed by atoms with van der Waals surface area (Å²) in [6.07, 6.45) is 5.00. The number of ether oxygens (including phenoxy) is 1. The van der Waals surface area contributed by atoms with Crippen molar-refractivity contribution in [3.05, 3.63) is 47.7 Å². The molecule has 0 saturated carbocycles. The third kappa shape index (κ3) is 4.05. The second kappa shape index (κ2) is 7.35. The minimum absolute atomic E-state index is 0.0139. The highest BCUT2D eigenvalue weighted by atomic mass is 16.5. The van der Waals surface area contributed by atoms with E-state index >= 15 is 0 Å². The molecule has 2 aromatic rings. The lowest BCUT2D eigenvalue weighted by Crippen LogP contribution is -2.46. The lowest BCUT2D eigenvalue weighted by Gasteiger charge is -2.32. The Bertz CT molecular complexity index is 722. The molecule has 7 heteroatoms. The summed E-state index contributed by atoms with van der Waals surface area (Å²) in [6.45, 7) is 3.47. The molecule has 1 fully saturated rings. The smallest absolute Gasteiger partial charge is 0.272 e. The summed E-state index contributed by atoms with van der Waals surface area (Å²) in [5.41, 5.74) is 7.26. The fourth-order valence-electron chi connectivity index (χ4n) is 2.79. The van der Waals surface area contributed by atoms with Gasteiger partial charge in [-0.15, -0.1) is 0 Å². The van der Waals surface area contributed by atoms with Crippen LogP contribution in [0.2, 0.25) is 0 Å². The number of nitrogens with zero attached hydrogens (tertiary/aromatic N) is 4. The summed E-state index contributed by atoms with van der Waals surface area (Å²) in [6, 6.07) is 5.47. The van der Waals surface area contributed by atoms with Crippen LogP contribution in [0.4, 0.5) is 5.82 Å². The van der Waals surface area contributed by atoms with Gasteiger partial charge in [-0.1, -0.05) is 0 Å². The number of anilines is 1. The Morgan fingerprint density at radius 1 is 1.38 bits per heavy atom. The SMILES string of the molecule is Cc1nccc(C(=O)N2CCO[C@@H](CCc3ccnc(N)c3)C2)n1. The fourth-order valence-corrected chi connectivity index (χ4v) is 2.79. The number of aryl methyl sites for hydroxylation is 2. The predicted octanol–water partition coefficient (Wildman–Crippen LogP) is 1.24. The lowest BCUT2D eigenvalue weighted by atomic mass is 10.1. The monoisotopic (exact) mass is 327 g/mol. The van der Waals surface area contributed by atoms with Crippen molar-refractivity contribution < 1.29 is 9.53 Å². The first kappa shape index (κ1) is 16.3. The summed E-state index contributed by atoms with van der Waals surface area (Å²) in [5.74, 6) is 1.05. The van der Waals surface area contributed by atoms with Gasteiger partial charge in [-0.2, -0.15) is 0 Å². The first-order valence-corrected chi connectivity index (χ1v) is 8.03. The second-order valence-electron chi connectivity index (χ2n) is 5.86. The zero-order valence-electron chi connectivity index (χ0n) is 13.7. The number of amides is 1. The number of pyridine rings is 1. The molecule has 1 aliphatic heterocycles. The Morgan fingerprint density at radius 3 is 3.00 bits per heavy atom. The van der Waals surface area contributed by atoms with Gasteiger partial charge in [0.15, 0.2) is 0 Å². The third-order valence-corrected chi connectivity index (χ3v) is 4.02. The predicted molar refractivity (Wildman–Crippen MR) is 89.4 cm³/mol. The van der Waals surface area contributed by atoms with Crippen LogP contribution in [0.1, 0.15) is 28.3 Å². The maximum Gasteiger partial charge on any atom is 0.272 e. The molecule has 0 spiro atoms. The van der Waals surface area contributed by atoms with E-state index in [0.717, 1.165) is 18.4 Å². The highest BCUT2D eigenvalue weighted by Gasteiger charge is 2.25. The fraction of sp³-hybridized carbons (Fsp3) is 0.412. The van der Waals surface area contributed by atoms with Crippen molar-refractivity contribution in [3.63, 3.8) is 0 Å². The maximum absolute atomic E-state index is 12.6. The van der Waals surface area contributed by atoms with Gasteiger partial charge in [0.2, 0.25) is 0 Å². The minimum atomic E-state index is -0.0676. The van der Waals surface area contributed by atoms with E-state index in [1.165, 1.54) is 0 Å². The van der Waals surface area contributed by atoms with E-state index in [0.29, 0.717) is 37.0 Å². The normalized spacial score (nSPS) is 17.7. The Balaban J connectivity index is 1.59. The zero-order chi connectivity index (χ0) is 16.9. The van der Waals surface area contributed by atoms with Crippen molar-refractivity contribution >= 4 is 11.7 Å². The minimum Gasteiger partial charge on any atom is -0.384 e. The molecular formula is C17H21N5O2. The molecule has 2 aromatic heterocycles. The largest absolute Gasteiger partial charge is 0.384 e. The molecule has 0 unspecified atom stereocenters. The van der Waals surface area contributed by atoms with E-state index in [9.17, 15) is 4.79 Å². The summed E-state index contributed by atoms with van der Waals surface area (Å²) >= 11 is 0. The molecule has 3 heterocycles. The van der Waals surface area contributed by atoms with Gasteiger partial charge in [0, 0.05) is 25.5 Å². The number of rotatable bonds is 4. The van der Waals surface area contributed by atoms with Gasteiger partial charge >= 0.3 is 0 Å². The number of nitrogens with two attached hydrogens (primary N) is 1. The molecule has 0 bridgehead atoms. The van der Waals surface area contributed by atoms with E-state index in [2.05, 4.69) is 15.0 Å². The van der Waals surface area contributed by atoms with Crippen molar-refractivity contribution in [1.29, 1.82) is 0 Å². The van der Waals surface area contributed by atoms with Crippen LogP contribution >= 0.6 is 0 Å².